The Morgan fingerprint density at radius 1 is 1.46 bits per heavy atom. The molecule has 0 spiro atoms. The van der Waals surface area contributed by atoms with Gasteiger partial charge in [-0.15, -0.1) is 0 Å². The third-order valence-corrected chi connectivity index (χ3v) is 4.40. The monoisotopic (exact) mass is 336 g/mol. The van der Waals surface area contributed by atoms with Gasteiger partial charge < -0.3 is 15.0 Å². The quantitative estimate of drug-likeness (QED) is 0.741. The van der Waals surface area contributed by atoms with E-state index < -0.39 is 5.54 Å². The summed E-state index contributed by atoms with van der Waals surface area (Å²) in [6.07, 6.45) is 1.53. The maximum absolute atomic E-state index is 13.4. The Hall–Kier alpha value is -1.95. The van der Waals surface area contributed by atoms with E-state index >= 15 is 0 Å². The minimum absolute atomic E-state index is 0.0776. The first-order valence-corrected chi connectivity index (χ1v) is 8.38. The van der Waals surface area contributed by atoms with E-state index in [-0.39, 0.29) is 24.2 Å². The van der Waals surface area contributed by atoms with Crippen molar-refractivity contribution in [1.82, 2.24) is 10.2 Å². The van der Waals surface area contributed by atoms with E-state index in [0.29, 0.717) is 38.2 Å². The molecule has 6 heteroatoms. The highest BCUT2D eigenvalue weighted by Crippen LogP contribution is 2.32. The average molecular weight is 336 g/mol. The van der Waals surface area contributed by atoms with Gasteiger partial charge >= 0.3 is 0 Å². The highest BCUT2D eigenvalue weighted by atomic mass is 19.1. The molecule has 1 saturated heterocycles. The maximum Gasteiger partial charge on any atom is 0.245 e. The van der Waals surface area contributed by atoms with Gasteiger partial charge in [0.15, 0.2) is 0 Å². The Labute approximate surface area is 142 Å². The lowest BCUT2D eigenvalue weighted by atomic mass is 9.97. The summed E-state index contributed by atoms with van der Waals surface area (Å²) in [4.78, 5) is 26.4. The average Bonchev–Trinajstić information content (AvgIpc) is 2.84. The largest absolute Gasteiger partial charge is 0.382 e. The molecule has 0 radical (unpaired) electrons. The third-order valence-electron chi connectivity index (χ3n) is 4.40. The fourth-order valence-electron chi connectivity index (χ4n) is 2.92. The van der Waals surface area contributed by atoms with E-state index in [9.17, 15) is 14.0 Å². The van der Waals surface area contributed by atoms with Crippen LogP contribution in [0, 0.1) is 5.82 Å². The molecule has 1 N–H and O–H groups in total. The maximum atomic E-state index is 13.4. The number of amides is 2. The second-order valence-electron chi connectivity index (χ2n) is 6.19. The molecule has 1 aromatic rings. The highest BCUT2D eigenvalue weighted by molar-refractivity contribution is 5.94. The Morgan fingerprint density at radius 2 is 2.25 bits per heavy atom. The standard InChI is InChI=1S/C18H25FN2O3/c1-3-24-11-5-10-20-17(23)18(2)9-8-16(22)21(18)13-14-6-4-7-15(19)12-14/h4,6-7,12H,3,5,8-11,13H2,1-2H3,(H,20,23)/t18-/m0/s1. The zero-order valence-electron chi connectivity index (χ0n) is 14.3. The molecule has 1 aliphatic heterocycles. The smallest absolute Gasteiger partial charge is 0.245 e. The number of benzene rings is 1. The molecule has 1 atom stereocenters. The highest BCUT2D eigenvalue weighted by Gasteiger charge is 2.46. The summed E-state index contributed by atoms with van der Waals surface area (Å²) in [5.41, 5.74) is -0.213. The molecule has 24 heavy (non-hydrogen) atoms. The van der Waals surface area contributed by atoms with E-state index in [2.05, 4.69) is 5.32 Å². The molecule has 2 amide bonds. The molecule has 132 valence electrons. The number of likely N-dealkylation sites (tertiary alicyclic amines) is 1. The van der Waals surface area contributed by atoms with Gasteiger partial charge in [0.25, 0.3) is 0 Å². The number of hydrogen-bond donors (Lipinski definition) is 1. The van der Waals surface area contributed by atoms with E-state index in [1.165, 1.54) is 12.1 Å². The molecule has 0 saturated carbocycles. The molecule has 2 rings (SSSR count). The van der Waals surface area contributed by atoms with E-state index in [1.54, 1.807) is 24.0 Å². The Morgan fingerprint density at radius 3 is 2.96 bits per heavy atom. The predicted octanol–water partition coefficient (Wildman–Crippen LogP) is 2.25. The zero-order chi connectivity index (χ0) is 17.6. The van der Waals surface area contributed by atoms with Crippen molar-refractivity contribution in [2.45, 2.75) is 45.2 Å². The summed E-state index contributed by atoms with van der Waals surface area (Å²) in [5, 5.41) is 2.88. The van der Waals surface area contributed by atoms with Gasteiger partial charge in [-0.25, -0.2) is 4.39 Å². The first-order chi connectivity index (χ1) is 11.5. The molecule has 1 aliphatic rings. The van der Waals surface area contributed by atoms with Crippen LogP contribution in [0.5, 0.6) is 0 Å². The fraction of sp³-hybridized carbons (Fsp3) is 0.556. The van der Waals surface area contributed by atoms with Crippen LogP contribution in [0.25, 0.3) is 0 Å². The molecular formula is C18H25FN2O3. The summed E-state index contributed by atoms with van der Waals surface area (Å²) in [7, 11) is 0. The van der Waals surface area contributed by atoms with Crippen LogP contribution in [0.1, 0.15) is 38.7 Å². The molecule has 0 aromatic heterocycles. The van der Waals surface area contributed by atoms with Crippen molar-refractivity contribution in [1.29, 1.82) is 0 Å². The van der Waals surface area contributed by atoms with Gasteiger partial charge in [0.2, 0.25) is 11.8 Å². The first-order valence-electron chi connectivity index (χ1n) is 8.38. The van der Waals surface area contributed by atoms with Crippen molar-refractivity contribution in [3.8, 4) is 0 Å². The van der Waals surface area contributed by atoms with Gasteiger partial charge in [0.05, 0.1) is 0 Å². The lowest BCUT2D eigenvalue weighted by Crippen LogP contribution is -2.54. The van der Waals surface area contributed by atoms with Crippen LogP contribution >= 0.6 is 0 Å². The Bertz CT molecular complexity index is 593. The number of rotatable bonds is 8. The summed E-state index contributed by atoms with van der Waals surface area (Å²) in [6.45, 7) is 5.69. The van der Waals surface area contributed by atoms with Crippen molar-refractivity contribution in [2.75, 3.05) is 19.8 Å². The molecule has 0 bridgehead atoms. The Kier molecular flexibility index (Phi) is 6.31. The number of hydrogen-bond acceptors (Lipinski definition) is 3. The van der Waals surface area contributed by atoms with Crippen molar-refractivity contribution >= 4 is 11.8 Å². The lowest BCUT2D eigenvalue weighted by molar-refractivity contribution is -0.141. The first kappa shape index (κ1) is 18.4. The van der Waals surface area contributed by atoms with Crippen LogP contribution in [-0.2, 0) is 20.9 Å². The number of halogens is 1. The number of nitrogens with zero attached hydrogens (tertiary/aromatic N) is 1. The Balaban J connectivity index is 2.00. The lowest BCUT2D eigenvalue weighted by Gasteiger charge is -2.34. The van der Waals surface area contributed by atoms with Crippen molar-refractivity contribution in [3.63, 3.8) is 0 Å². The molecule has 1 aromatic carbocycles. The summed E-state index contributed by atoms with van der Waals surface area (Å²) in [6, 6.07) is 6.12. The topological polar surface area (TPSA) is 58.6 Å². The third kappa shape index (κ3) is 4.32. The van der Waals surface area contributed by atoms with Crippen LogP contribution in [0.15, 0.2) is 24.3 Å². The summed E-state index contributed by atoms with van der Waals surface area (Å²) >= 11 is 0. The van der Waals surface area contributed by atoms with Gasteiger partial charge in [0, 0.05) is 32.7 Å². The number of nitrogens with one attached hydrogen (secondary N) is 1. The molecule has 5 nitrogen and oxygen atoms in total. The zero-order valence-corrected chi connectivity index (χ0v) is 14.3. The predicted molar refractivity (Wildman–Crippen MR) is 88.7 cm³/mol. The number of ether oxygens (including phenoxy) is 1. The van der Waals surface area contributed by atoms with E-state index in [0.717, 1.165) is 6.42 Å². The molecular weight excluding hydrogens is 311 g/mol. The van der Waals surface area contributed by atoms with Gasteiger partial charge in [-0.05, 0) is 44.4 Å². The van der Waals surface area contributed by atoms with Crippen molar-refractivity contribution in [3.05, 3.63) is 35.6 Å². The number of carbonyl (C=O) groups is 2. The van der Waals surface area contributed by atoms with Gasteiger partial charge in [-0.3, -0.25) is 9.59 Å². The van der Waals surface area contributed by atoms with Crippen LogP contribution in [0.3, 0.4) is 0 Å². The second kappa shape index (κ2) is 8.24. The van der Waals surface area contributed by atoms with Crippen molar-refractivity contribution in [2.24, 2.45) is 0 Å². The minimum Gasteiger partial charge on any atom is -0.382 e. The van der Waals surface area contributed by atoms with E-state index in [1.807, 2.05) is 6.92 Å². The SMILES string of the molecule is CCOCCCNC(=O)[C@]1(C)CCC(=O)N1Cc1cccc(F)c1. The van der Waals surface area contributed by atoms with Crippen LogP contribution in [0.4, 0.5) is 4.39 Å². The minimum atomic E-state index is -0.894. The molecule has 1 heterocycles. The van der Waals surface area contributed by atoms with E-state index in [4.69, 9.17) is 4.74 Å². The number of carbonyl (C=O) groups excluding carboxylic acids is 2. The summed E-state index contributed by atoms with van der Waals surface area (Å²) in [5.74, 6) is -0.589. The normalized spacial score (nSPS) is 20.5. The van der Waals surface area contributed by atoms with Crippen LogP contribution in [-0.4, -0.2) is 42.0 Å². The fourth-order valence-corrected chi connectivity index (χ4v) is 2.92. The van der Waals surface area contributed by atoms with Gasteiger partial charge in [-0.2, -0.15) is 0 Å². The summed E-state index contributed by atoms with van der Waals surface area (Å²) < 4.78 is 18.6. The molecule has 1 fully saturated rings. The van der Waals surface area contributed by atoms with Gasteiger partial charge in [0.1, 0.15) is 11.4 Å². The van der Waals surface area contributed by atoms with Crippen LogP contribution < -0.4 is 5.32 Å². The molecule has 0 unspecified atom stereocenters. The molecule has 0 aliphatic carbocycles. The van der Waals surface area contributed by atoms with Gasteiger partial charge in [-0.1, -0.05) is 12.1 Å². The van der Waals surface area contributed by atoms with Crippen molar-refractivity contribution < 1.29 is 18.7 Å². The second-order valence-corrected chi connectivity index (χ2v) is 6.19. The van der Waals surface area contributed by atoms with Crippen LogP contribution in [0.2, 0.25) is 0 Å².